The smallest absolute Gasteiger partial charge is 0.417 e. The van der Waals surface area contributed by atoms with Crippen LogP contribution in [0.3, 0.4) is 0 Å². The van der Waals surface area contributed by atoms with Crippen molar-refractivity contribution in [3.05, 3.63) is 78.2 Å². The number of aromatic nitrogens is 2. The standard InChI is InChI=1S/C19H14ClF3N4O6/c1-9(2)16-15(25-7-11(19(21,22)23)5-14(20)17(25)24-16)8-33-18(28)10-3-12(26(29)30)6-13(4-10)27(31)32/h3-7,9H,8H2,1-2H3. The molecule has 2 aromatic heterocycles. The number of rotatable bonds is 6. The van der Waals surface area contributed by atoms with E-state index in [9.17, 15) is 38.2 Å². The normalized spacial score (nSPS) is 11.7. The highest BCUT2D eigenvalue weighted by Crippen LogP contribution is 2.34. The SMILES string of the molecule is CC(C)c1nc2c(Cl)cc(C(F)(F)F)cn2c1COC(=O)c1cc([N+](=O)[O-])cc([N+](=O)[O-])c1. The Balaban J connectivity index is 2.02. The van der Waals surface area contributed by atoms with Crippen molar-refractivity contribution in [2.75, 3.05) is 0 Å². The first-order valence-corrected chi connectivity index (χ1v) is 9.56. The molecule has 0 atom stereocenters. The van der Waals surface area contributed by atoms with Crippen LogP contribution in [-0.2, 0) is 17.5 Å². The minimum atomic E-state index is -4.70. The molecule has 2 heterocycles. The maximum atomic E-state index is 13.2. The number of alkyl halides is 3. The van der Waals surface area contributed by atoms with Gasteiger partial charge in [0.2, 0.25) is 0 Å². The summed E-state index contributed by atoms with van der Waals surface area (Å²) in [6.45, 7) is 2.87. The number of benzene rings is 1. The average molecular weight is 487 g/mol. The van der Waals surface area contributed by atoms with Crippen LogP contribution in [0.5, 0.6) is 0 Å². The Bertz CT molecular complexity index is 1260. The molecule has 0 unspecified atom stereocenters. The van der Waals surface area contributed by atoms with Crippen LogP contribution in [0, 0.1) is 20.2 Å². The van der Waals surface area contributed by atoms with E-state index >= 15 is 0 Å². The van der Waals surface area contributed by atoms with E-state index in [1.54, 1.807) is 13.8 Å². The number of halogens is 4. The number of hydrogen-bond acceptors (Lipinski definition) is 7. The molecule has 33 heavy (non-hydrogen) atoms. The summed E-state index contributed by atoms with van der Waals surface area (Å²) in [5, 5.41) is 21.8. The number of nitro groups is 2. The third kappa shape index (κ3) is 4.87. The lowest BCUT2D eigenvalue weighted by atomic mass is 10.1. The molecule has 0 aliphatic heterocycles. The lowest BCUT2D eigenvalue weighted by Gasteiger charge is -2.11. The summed E-state index contributed by atoms with van der Waals surface area (Å²) < 4.78 is 45.9. The first-order chi connectivity index (χ1) is 15.3. The van der Waals surface area contributed by atoms with E-state index in [1.165, 1.54) is 0 Å². The van der Waals surface area contributed by atoms with Gasteiger partial charge >= 0.3 is 12.1 Å². The summed E-state index contributed by atoms with van der Waals surface area (Å²) in [7, 11) is 0. The van der Waals surface area contributed by atoms with Crippen LogP contribution in [0.2, 0.25) is 5.02 Å². The highest BCUT2D eigenvalue weighted by Gasteiger charge is 2.33. The van der Waals surface area contributed by atoms with E-state index < -0.39 is 51.1 Å². The van der Waals surface area contributed by atoms with Crippen LogP contribution in [-0.4, -0.2) is 25.2 Å². The van der Waals surface area contributed by atoms with E-state index in [0.717, 1.165) is 28.8 Å². The summed E-state index contributed by atoms with van der Waals surface area (Å²) in [6.07, 6.45) is -3.93. The largest absolute Gasteiger partial charge is 0.456 e. The molecule has 10 nitrogen and oxygen atoms in total. The summed E-state index contributed by atoms with van der Waals surface area (Å²) in [5.41, 5.74) is -2.48. The number of carbonyl (C=O) groups excluding carboxylic acids is 1. The molecule has 0 aliphatic carbocycles. The van der Waals surface area contributed by atoms with Gasteiger partial charge in [-0.25, -0.2) is 9.78 Å². The van der Waals surface area contributed by atoms with Crippen molar-refractivity contribution in [2.45, 2.75) is 32.5 Å². The number of nitrogens with zero attached hydrogens (tertiary/aromatic N) is 4. The molecule has 0 saturated carbocycles. The van der Waals surface area contributed by atoms with Crippen LogP contribution in [0.4, 0.5) is 24.5 Å². The number of non-ortho nitro benzene ring substituents is 2. The van der Waals surface area contributed by atoms with Gasteiger partial charge in [0.1, 0.15) is 6.61 Å². The predicted octanol–water partition coefficient (Wildman–Crippen LogP) is 5.30. The summed E-state index contributed by atoms with van der Waals surface area (Å²) in [5.74, 6) is -1.44. The minimum absolute atomic E-state index is 0.0189. The molecule has 1 aromatic carbocycles. The van der Waals surface area contributed by atoms with Crippen molar-refractivity contribution in [3.8, 4) is 0 Å². The fourth-order valence-electron chi connectivity index (χ4n) is 3.07. The molecular formula is C19H14ClF3N4O6. The van der Waals surface area contributed by atoms with E-state index in [-0.39, 0.29) is 22.3 Å². The second-order valence-corrected chi connectivity index (χ2v) is 7.60. The fourth-order valence-corrected chi connectivity index (χ4v) is 3.32. The van der Waals surface area contributed by atoms with E-state index in [4.69, 9.17) is 16.3 Å². The lowest BCUT2D eigenvalue weighted by molar-refractivity contribution is -0.394. The average Bonchev–Trinajstić information content (AvgIpc) is 3.10. The van der Waals surface area contributed by atoms with Gasteiger partial charge in [0.25, 0.3) is 11.4 Å². The van der Waals surface area contributed by atoms with Gasteiger partial charge in [-0.3, -0.25) is 24.6 Å². The number of fused-ring (bicyclic) bond motifs is 1. The Morgan fingerprint density at radius 2 is 1.73 bits per heavy atom. The van der Waals surface area contributed by atoms with Crippen molar-refractivity contribution in [3.63, 3.8) is 0 Å². The zero-order valence-corrected chi connectivity index (χ0v) is 17.7. The van der Waals surface area contributed by atoms with Crippen molar-refractivity contribution in [1.29, 1.82) is 0 Å². The molecule has 0 amide bonds. The Labute approximate surface area is 187 Å². The van der Waals surface area contributed by atoms with Crippen molar-refractivity contribution >= 4 is 34.6 Å². The molecule has 0 bridgehead atoms. The van der Waals surface area contributed by atoms with Crippen molar-refractivity contribution in [1.82, 2.24) is 9.38 Å². The predicted molar refractivity (Wildman–Crippen MR) is 108 cm³/mol. The number of imidazole rings is 1. The number of ether oxygens (including phenoxy) is 1. The molecule has 0 aliphatic rings. The topological polar surface area (TPSA) is 130 Å². The zero-order valence-electron chi connectivity index (χ0n) is 16.9. The first-order valence-electron chi connectivity index (χ1n) is 9.18. The number of pyridine rings is 1. The number of esters is 1. The van der Waals surface area contributed by atoms with E-state index in [1.807, 2.05) is 0 Å². The molecule has 174 valence electrons. The summed E-state index contributed by atoms with van der Waals surface area (Å²) >= 11 is 5.99. The Morgan fingerprint density at radius 1 is 1.15 bits per heavy atom. The van der Waals surface area contributed by atoms with Crippen LogP contribution < -0.4 is 0 Å². The van der Waals surface area contributed by atoms with Gasteiger partial charge in [-0.15, -0.1) is 0 Å². The van der Waals surface area contributed by atoms with Gasteiger partial charge in [-0.05, 0) is 12.0 Å². The number of carbonyl (C=O) groups is 1. The van der Waals surface area contributed by atoms with E-state index in [0.29, 0.717) is 11.8 Å². The molecule has 0 saturated heterocycles. The molecule has 3 rings (SSSR count). The molecule has 14 heteroatoms. The molecule has 0 radical (unpaired) electrons. The van der Waals surface area contributed by atoms with E-state index in [2.05, 4.69) is 4.98 Å². The van der Waals surface area contributed by atoms with Gasteiger partial charge in [0, 0.05) is 18.3 Å². The molecule has 3 aromatic rings. The van der Waals surface area contributed by atoms with Crippen LogP contribution in [0.15, 0.2) is 30.5 Å². The van der Waals surface area contributed by atoms with Gasteiger partial charge in [0.15, 0.2) is 5.65 Å². The number of nitro benzene ring substituents is 2. The minimum Gasteiger partial charge on any atom is -0.456 e. The molecule has 0 spiro atoms. The second-order valence-electron chi connectivity index (χ2n) is 7.19. The quantitative estimate of drug-likeness (QED) is 0.262. The highest BCUT2D eigenvalue weighted by molar-refractivity contribution is 6.33. The second kappa shape index (κ2) is 8.65. The van der Waals surface area contributed by atoms with Gasteiger partial charge in [-0.1, -0.05) is 25.4 Å². The third-order valence-corrected chi connectivity index (χ3v) is 4.86. The molecular weight excluding hydrogens is 473 g/mol. The van der Waals surface area contributed by atoms with Crippen LogP contribution in [0.25, 0.3) is 5.65 Å². The van der Waals surface area contributed by atoms with Crippen molar-refractivity contribution in [2.24, 2.45) is 0 Å². The first kappa shape index (κ1) is 23.9. The Hall–Kier alpha value is -3.74. The third-order valence-electron chi connectivity index (χ3n) is 4.58. The maximum Gasteiger partial charge on any atom is 0.417 e. The van der Waals surface area contributed by atoms with Gasteiger partial charge in [0.05, 0.1) is 43.5 Å². The summed E-state index contributed by atoms with van der Waals surface area (Å²) in [4.78, 5) is 37.0. The van der Waals surface area contributed by atoms with Crippen LogP contribution in [0.1, 0.15) is 47.1 Å². The van der Waals surface area contributed by atoms with Crippen LogP contribution >= 0.6 is 11.6 Å². The van der Waals surface area contributed by atoms with Gasteiger partial charge in [-0.2, -0.15) is 13.2 Å². The highest BCUT2D eigenvalue weighted by atomic mass is 35.5. The van der Waals surface area contributed by atoms with Gasteiger partial charge < -0.3 is 4.74 Å². The number of hydrogen-bond donors (Lipinski definition) is 0. The van der Waals surface area contributed by atoms with Crippen molar-refractivity contribution < 1.29 is 32.5 Å². The fraction of sp³-hybridized carbons (Fsp3) is 0.263. The molecule has 0 N–H and O–H groups in total. The summed E-state index contributed by atoms with van der Waals surface area (Å²) in [6, 6.07) is 3.00. The lowest BCUT2D eigenvalue weighted by Crippen LogP contribution is -2.11. The maximum absolute atomic E-state index is 13.2. The monoisotopic (exact) mass is 486 g/mol. The Morgan fingerprint density at radius 3 is 2.21 bits per heavy atom. The molecule has 0 fully saturated rings. The Kier molecular flexibility index (Phi) is 6.27. The zero-order chi connectivity index (χ0) is 24.7.